The highest BCUT2D eigenvalue weighted by molar-refractivity contribution is 5.49. The number of nitrogens with zero attached hydrogens (tertiary/aromatic N) is 2. The van der Waals surface area contributed by atoms with E-state index in [1.807, 2.05) is 43.3 Å². The Morgan fingerprint density at radius 2 is 1.59 bits per heavy atom. The van der Waals surface area contributed by atoms with Crippen LogP contribution in [-0.2, 0) is 19.5 Å². The number of ether oxygens (including phenoxy) is 1. The standard InChI is InChI=1S/C34H39N3O4/c1-2-3-22-41-34-19-16-30(23-32(34)37(39)40)33(38)26-36(25-29-12-8-5-9-13-29)21-20-27-14-17-31(18-15-27)35-24-28-10-6-4-7-11-28/h4-19,23,33,35,38H,2-3,20-22,24-26H2,1H3. The molecule has 0 saturated carbocycles. The lowest BCUT2D eigenvalue weighted by Crippen LogP contribution is -2.30. The summed E-state index contributed by atoms with van der Waals surface area (Å²) in [4.78, 5) is 13.5. The van der Waals surface area contributed by atoms with Gasteiger partial charge in [-0.2, -0.15) is 0 Å². The third kappa shape index (κ3) is 9.45. The summed E-state index contributed by atoms with van der Waals surface area (Å²) >= 11 is 0. The molecular weight excluding hydrogens is 514 g/mol. The third-order valence-corrected chi connectivity index (χ3v) is 7.01. The van der Waals surface area contributed by atoms with E-state index in [1.54, 1.807) is 12.1 Å². The summed E-state index contributed by atoms with van der Waals surface area (Å²) < 4.78 is 5.63. The third-order valence-electron chi connectivity index (χ3n) is 7.01. The van der Waals surface area contributed by atoms with E-state index < -0.39 is 11.0 Å². The molecule has 0 heterocycles. The number of unbranched alkanes of at least 4 members (excludes halogenated alkanes) is 1. The fourth-order valence-electron chi connectivity index (χ4n) is 4.64. The Kier molecular flexibility index (Phi) is 11.3. The molecule has 0 aliphatic carbocycles. The fraction of sp³-hybridized carbons (Fsp3) is 0.294. The van der Waals surface area contributed by atoms with Crippen molar-refractivity contribution in [3.05, 3.63) is 135 Å². The molecule has 4 aromatic carbocycles. The van der Waals surface area contributed by atoms with Crippen LogP contribution in [0, 0.1) is 10.1 Å². The average Bonchev–Trinajstić information content (AvgIpc) is 3.00. The van der Waals surface area contributed by atoms with Crippen molar-refractivity contribution in [3.63, 3.8) is 0 Å². The second-order valence-corrected chi connectivity index (χ2v) is 10.2. The van der Waals surface area contributed by atoms with Gasteiger partial charge in [0.25, 0.3) is 0 Å². The van der Waals surface area contributed by atoms with E-state index in [4.69, 9.17) is 4.74 Å². The highest BCUT2D eigenvalue weighted by atomic mass is 16.6. The topological polar surface area (TPSA) is 87.9 Å². The van der Waals surface area contributed by atoms with Gasteiger partial charge in [-0.3, -0.25) is 15.0 Å². The van der Waals surface area contributed by atoms with Gasteiger partial charge in [-0.1, -0.05) is 92.2 Å². The Labute approximate surface area is 242 Å². The Balaban J connectivity index is 1.40. The largest absolute Gasteiger partial charge is 0.487 e. The summed E-state index contributed by atoms with van der Waals surface area (Å²) in [7, 11) is 0. The zero-order chi connectivity index (χ0) is 28.9. The quantitative estimate of drug-likeness (QED) is 0.0869. The molecule has 0 radical (unpaired) electrons. The van der Waals surface area contributed by atoms with Gasteiger partial charge in [-0.25, -0.2) is 0 Å². The molecule has 0 fully saturated rings. The highest BCUT2D eigenvalue weighted by Gasteiger charge is 2.21. The molecule has 0 aliphatic rings. The highest BCUT2D eigenvalue weighted by Crippen LogP contribution is 2.31. The SMILES string of the molecule is CCCCOc1ccc(C(O)CN(CCc2ccc(NCc3ccccc3)cc2)Cc2ccccc2)cc1[N+](=O)[O-]. The van der Waals surface area contributed by atoms with Gasteiger partial charge >= 0.3 is 5.69 Å². The van der Waals surface area contributed by atoms with Crippen LogP contribution >= 0.6 is 0 Å². The Bertz CT molecular complexity index is 1350. The summed E-state index contributed by atoms with van der Waals surface area (Å²) in [5.41, 5.74) is 5.03. The van der Waals surface area contributed by atoms with Crippen molar-refractivity contribution in [1.82, 2.24) is 4.90 Å². The minimum atomic E-state index is -0.883. The van der Waals surface area contributed by atoms with E-state index in [9.17, 15) is 15.2 Å². The van der Waals surface area contributed by atoms with Gasteiger partial charge in [-0.05, 0) is 53.3 Å². The maximum Gasteiger partial charge on any atom is 0.311 e. The second-order valence-electron chi connectivity index (χ2n) is 10.2. The molecule has 7 heteroatoms. The Morgan fingerprint density at radius 1 is 0.902 bits per heavy atom. The van der Waals surface area contributed by atoms with Gasteiger partial charge in [0, 0.05) is 37.9 Å². The van der Waals surface area contributed by atoms with Crippen LogP contribution in [-0.4, -0.2) is 34.6 Å². The summed E-state index contributed by atoms with van der Waals surface area (Å²) in [6.45, 7) is 4.97. The maximum absolute atomic E-state index is 11.7. The van der Waals surface area contributed by atoms with Gasteiger partial charge in [0.05, 0.1) is 17.6 Å². The average molecular weight is 554 g/mol. The first-order valence-corrected chi connectivity index (χ1v) is 14.2. The van der Waals surface area contributed by atoms with Crippen molar-refractivity contribution in [2.45, 2.75) is 45.4 Å². The fourth-order valence-corrected chi connectivity index (χ4v) is 4.64. The van der Waals surface area contributed by atoms with Crippen molar-refractivity contribution in [2.75, 3.05) is 25.0 Å². The number of anilines is 1. The smallest absolute Gasteiger partial charge is 0.311 e. The van der Waals surface area contributed by atoms with Gasteiger partial charge in [-0.15, -0.1) is 0 Å². The van der Waals surface area contributed by atoms with Crippen LogP contribution in [0.15, 0.2) is 103 Å². The summed E-state index contributed by atoms with van der Waals surface area (Å²) in [6, 6.07) is 33.6. The van der Waals surface area contributed by atoms with Crippen LogP contribution in [0.4, 0.5) is 11.4 Å². The molecule has 1 atom stereocenters. The van der Waals surface area contributed by atoms with Crippen LogP contribution in [0.5, 0.6) is 5.75 Å². The molecule has 0 aliphatic heterocycles. The molecule has 2 N–H and O–H groups in total. The van der Waals surface area contributed by atoms with Gasteiger partial charge in [0.2, 0.25) is 0 Å². The number of aliphatic hydroxyl groups is 1. The first kappa shape index (κ1) is 29.8. The molecule has 0 spiro atoms. The predicted molar refractivity (Wildman–Crippen MR) is 164 cm³/mol. The molecule has 4 rings (SSSR count). The molecule has 0 aromatic heterocycles. The number of aliphatic hydroxyl groups excluding tert-OH is 1. The lowest BCUT2D eigenvalue weighted by atomic mass is 10.1. The minimum absolute atomic E-state index is 0.117. The molecule has 4 aromatic rings. The molecule has 1 unspecified atom stereocenters. The first-order valence-electron chi connectivity index (χ1n) is 14.2. The number of nitro benzene ring substituents is 1. The van der Waals surface area contributed by atoms with Crippen LogP contribution in [0.3, 0.4) is 0 Å². The van der Waals surface area contributed by atoms with Gasteiger partial charge in [0.1, 0.15) is 0 Å². The molecule has 41 heavy (non-hydrogen) atoms. The summed E-state index contributed by atoms with van der Waals surface area (Å²) in [6.07, 6.45) is 1.69. The van der Waals surface area contributed by atoms with Crippen LogP contribution < -0.4 is 10.1 Å². The van der Waals surface area contributed by atoms with Crippen LogP contribution in [0.25, 0.3) is 0 Å². The van der Waals surface area contributed by atoms with Gasteiger partial charge < -0.3 is 15.2 Å². The van der Waals surface area contributed by atoms with E-state index in [-0.39, 0.29) is 11.4 Å². The number of nitro groups is 1. The van der Waals surface area contributed by atoms with E-state index in [0.717, 1.165) is 43.6 Å². The van der Waals surface area contributed by atoms with Crippen LogP contribution in [0.1, 0.15) is 48.1 Å². The molecule has 0 saturated heterocycles. The molecule has 0 amide bonds. The molecular formula is C34H39N3O4. The lowest BCUT2D eigenvalue weighted by Gasteiger charge is -2.25. The minimum Gasteiger partial charge on any atom is -0.487 e. The first-order chi connectivity index (χ1) is 20.0. The van der Waals surface area contributed by atoms with Crippen LogP contribution in [0.2, 0.25) is 0 Å². The molecule has 214 valence electrons. The van der Waals surface area contributed by atoms with Crippen molar-refractivity contribution < 1.29 is 14.8 Å². The van der Waals surface area contributed by atoms with E-state index in [0.29, 0.717) is 25.3 Å². The van der Waals surface area contributed by atoms with Crippen molar-refractivity contribution in [2.24, 2.45) is 0 Å². The lowest BCUT2D eigenvalue weighted by molar-refractivity contribution is -0.386. The normalized spacial score (nSPS) is 11.8. The van der Waals surface area contributed by atoms with E-state index in [1.165, 1.54) is 17.2 Å². The van der Waals surface area contributed by atoms with E-state index >= 15 is 0 Å². The van der Waals surface area contributed by atoms with E-state index in [2.05, 4.69) is 58.7 Å². The monoisotopic (exact) mass is 553 g/mol. The number of hydrogen-bond acceptors (Lipinski definition) is 6. The molecule has 0 bridgehead atoms. The van der Waals surface area contributed by atoms with Crippen molar-refractivity contribution in [3.8, 4) is 5.75 Å². The Morgan fingerprint density at radius 3 is 2.24 bits per heavy atom. The zero-order valence-corrected chi connectivity index (χ0v) is 23.6. The van der Waals surface area contributed by atoms with Crippen molar-refractivity contribution >= 4 is 11.4 Å². The number of hydrogen-bond donors (Lipinski definition) is 2. The van der Waals surface area contributed by atoms with Gasteiger partial charge in [0.15, 0.2) is 5.75 Å². The number of nitrogens with one attached hydrogen (secondary N) is 1. The Hall–Kier alpha value is -4.20. The second kappa shape index (κ2) is 15.6. The summed E-state index contributed by atoms with van der Waals surface area (Å²) in [5, 5.41) is 26.3. The predicted octanol–water partition coefficient (Wildman–Crippen LogP) is 7.16. The molecule has 7 nitrogen and oxygen atoms in total. The zero-order valence-electron chi connectivity index (χ0n) is 23.6. The summed E-state index contributed by atoms with van der Waals surface area (Å²) in [5.74, 6) is 0.238. The number of benzene rings is 4. The number of rotatable bonds is 16. The van der Waals surface area contributed by atoms with Crippen molar-refractivity contribution in [1.29, 1.82) is 0 Å². The maximum atomic E-state index is 11.7.